The zero-order valence-corrected chi connectivity index (χ0v) is 17.8. The Morgan fingerprint density at radius 2 is 1.86 bits per heavy atom. The summed E-state index contributed by atoms with van der Waals surface area (Å²) >= 11 is 24.0. The molecule has 2 amide bonds. The Hall–Kier alpha value is -1.99. The highest BCUT2D eigenvalue weighted by Gasteiger charge is 2.37. The minimum Gasteiger partial charge on any atom is -0.455 e. The zero-order chi connectivity index (χ0) is 21.1. The molecule has 10 heteroatoms. The Morgan fingerprint density at radius 1 is 1.10 bits per heavy atom. The standard InChI is InChI=1S/C19H14Cl4N2O4/c20-11-4-5-12(21)15(7-11)25-8-10(6-17(25)27)19(28)29-9-16(26)24-14-3-1-2-13(22)18(14)23/h1-5,7,10H,6,8-9H2,(H,24,26)/t10-/m1/s1. The van der Waals surface area contributed by atoms with Crippen LogP contribution in [0.25, 0.3) is 0 Å². The number of esters is 1. The smallest absolute Gasteiger partial charge is 0.311 e. The minimum atomic E-state index is -0.722. The molecule has 2 aromatic rings. The van der Waals surface area contributed by atoms with E-state index in [1.807, 2.05) is 0 Å². The SMILES string of the molecule is O=C(COC(=O)[C@@H]1CC(=O)N(c2cc(Cl)ccc2Cl)C1)Nc1cccc(Cl)c1Cl. The van der Waals surface area contributed by atoms with E-state index in [9.17, 15) is 14.4 Å². The van der Waals surface area contributed by atoms with Gasteiger partial charge in [0.25, 0.3) is 5.91 Å². The average Bonchev–Trinajstić information content (AvgIpc) is 3.07. The molecule has 3 rings (SSSR count). The van der Waals surface area contributed by atoms with Gasteiger partial charge in [-0.25, -0.2) is 0 Å². The van der Waals surface area contributed by atoms with Gasteiger partial charge in [-0.15, -0.1) is 0 Å². The van der Waals surface area contributed by atoms with Crippen LogP contribution in [0.1, 0.15) is 6.42 Å². The van der Waals surface area contributed by atoms with Crippen molar-refractivity contribution >= 4 is 75.6 Å². The predicted molar refractivity (Wildman–Crippen MR) is 113 cm³/mol. The van der Waals surface area contributed by atoms with Crippen LogP contribution in [-0.2, 0) is 19.1 Å². The van der Waals surface area contributed by atoms with Crippen LogP contribution in [0.2, 0.25) is 20.1 Å². The maximum Gasteiger partial charge on any atom is 0.311 e. The van der Waals surface area contributed by atoms with Crippen molar-refractivity contribution in [3.8, 4) is 0 Å². The van der Waals surface area contributed by atoms with E-state index >= 15 is 0 Å². The fourth-order valence-corrected chi connectivity index (χ4v) is 3.57. The number of amides is 2. The lowest BCUT2D eigenvalue weighted by Crippen LogP contribution is -2.28. The van der Waals surface area contributed by atoms with E-state index < -0.39 is 24.4 Å². The molecular formula is C19H14Cl4N2O4. The Balaban J connectivity index is 1.57. The van der Waals surface area contributed by atoms with E-state index in [1.54, 1.807) is 36.4 Å². The Kier molecular flexibility index (Phi) is 6.90. The maximum absolute atomic E-state index is 12.3. The van der Waals surface area contributed by atoms with Gasteiger partial charge in [0.05, 0.1) is 32.4 Å². The zero-order valence-electron chi connectivity index (χ0n) is 14.8. The van der Waals surface area contributed by atoms with Crippen molar-refractivity contribution in [2.75, 3.05) is 23.4 Å². The highest BCUT2D eigenvalue weighted by Crippen LogP contribution is 2.34. The van der Waals surface area contributed by atoms with Crippen LogP contribution in [0.15, 0.2) is 36.4 Å². The molecule has 0 aromatic heterocycles. The third-order valence-corrected chi connectivity index (χ3v) is 5.60. The average molecular weight is 476 g/mol. The molecule has 0 unspecified atom stereocenters. The van der Waals surface area contributed by atoms with Gasteiger partial charge in [0, 0.05) is 18.0 Å². The summed E-state index contributed by atoms with van der Waals surface area (Å²) in [7, 11) is 0. The molecule has 1 fully saturated rings. The number of nitrogens with zero attached hydrogens (tertiary/aromatic N) is 1. The number of benzene rings is 2. The summed E-state index contributed by atoms with van der Waals surface area (Å²) in [6.07, 6.45) is -0.0522. The molecule has 0 saturated carbocycles. The number of nitrogens with one attached hydrogen (secondary N) is 1. The number of rotatable bonds is 5. The van der Waals surface area contributed by atoms with Crippen molar-refractivity contribution in [3.05, 3.63) is 56.5 Å². The van der Waals surface area contributed by atoms with Crippen LogP contribution in [0.3, 0.4) is 0 Å². The number of carbonyl (C=O) groups is 3. The van der Waals surface area contributed by atoms with Crippen molar-refractivity contribution in [3.63, 3.8) is 0 Å². The van der Waals surface area contributed by atoms with Crippen LogP contribution >= 0.6 is 46.4 Å². The van der Waals surface area contributed by atoms with Gasteiger partial charge in [-0.05, 0) is 30.3 Å². The van der Waals surface area contributed by atoms with Crippen molar-refractivity contribution in [2.45, 2.75) is 6.42 Å². The summed E-state index contributed by atoms with van der Waals surface area (Å²) in [5.74, 6) is -2.25. The largest absolute Gasteiger partial charge is 0.455 e. The Bertz CT molecular complexity index is 983. The first-order valence-corrected chi connectivity index (χ1v) is 9.93. The van der Waals surface area contributed by atoms with E-state index in [0.29, 0.717) is 21.4 Å². The van der Waals surface area contributed by atoms with Crippen LogP contribution in [0, 0.1) is 5.92 Å². The lowest BCUT2D eigenvalue weighted by molar-refractivity contribution is -0.151. The minimum absolute atomic E-state index is 0.0522. The van der Waals surface area contributed by atoms with E-state index in [2.05, 4.69) is 5.32 Å². The lowest BCUT2D eigenvalue weighted by atomic mass is 10.1. The Morgan fingerprint density at radius 3 is 2.62 bits per heavy atom. The third kappa shape index (κ3) is 5.14. The fraction of sp³-hybridized carbons (Fsp3) is 0.211. The van der Waals surface area contributed by atoms with Gasteiger partial charge in [0.1, 0.15) is 0 Å². The second kappa shape index (κ2) is 9.22. The summed E-state index contributed by atoms with van der Waals surface area (Å²) in [5.41, 5.74) is 0.728. The van der Waals surface area contributed by atoms with Gasteiger partial charge in [-0.3, -0.25) is 14.4 Å². The quantitative estimate of drug-likeness (QED) is 0.628. The Labute approximate surface area is 186 Å². The third-order valence-electron chi connectivity index (χ3n) is 4.23. The number of anilines is 2. The predicted octanol–water partition coefficient (Wildman–Crippen LogP) is 4.84. The molecule has 0 spiro atoms. The number of hydrogen-bond acceptors (Lipinski definition) is 4. The van der Waals surface area contributed by atoms with Crippen molar-refractivity contribution in [1.29, 1.82) is 0 Å². The summed E-state index contributed by atoms with van der Waals surface area (Å²) in [6, 6.07) is 9.49. The molecule has 0 bridgehead atoms. The monoisotopic (exact) mass is 474 g/mol. The molecule has 1 atom stereocenters. The topological polar surface area (TPSA) is 75.7 Å². The van der Waals surface area contributed by atoms with Gasteiger partial charge in [-0.1, -0.05) is 52.5 Å². The first-order valence-electron chi connectivity index (χ1n) is 8.42. The van der Waals surface area contributed by atoms with Gasteiger partial charge in [0.15, 0.2) is 6.61 Å². The first kappa shape index (κ1) is 21.7. The molecule has 152 valence electrons. The fourth-order valence-electron chi connectivity index (χ4n) is 2.83. The van der Waals surface area contributed by atoms with Gasteiger partial charge < -0.3 is 15.0 Å². The number of carbonyl (C=O) groups excluding carboxylic acids is 3. The second-order valence-electron chi connectivity index (χ2n) is 6.26. The van der Waals surface area contributed by atoms with Crippen LogP contribution < -0.4 is 10.2 Å². The molecule has 29 heavy (non-hydrogen) atoms. The summed E-state index contributed by atoms with van der Waals surface area (Å²) < 4.78 is 5.05. The maximum atomic E-state index is 12.3. The normalized spacial score (nSPS) is 16.1. The molecule has 0 radical (unpaired) electrons. The van der Waals surface area contributed by atoms with Crippen LogP contribution in [0.5, 0.6) is 0 Å². The van der Waals surface area contributed by atoms with E-state index in [0.717, 1.165) is 0 Å². The molecule has 0 aliphatic carbocycles. The molecule has 1 N–H and O–H groups in total. The van der Waals surface area contributed by atoms with Crippen molar-refractivity contribution in [1.82, 2.24) is 0 Å². The van der Waals surface area contributed by atoms with Gasteiger partial charge in [0.2, 0.25) is 5.91 Å². The first-order chi connectivity index (χ1) is 13.8. The molecule has 6 nitrogen and oxygen atoms in total. The lowest BCUT2D eigenvalue weighted by Gasteiger charge is -2.18. The summed E-state index contributed by atoms with van der Waals surface area (Å²) in [4.78, 5) is 38.0. The highest BCUT2D eigenvalue weighted by molar-refractivity contribution is 6.44. The number of ether oxygens (including phenoxy) is 1. The summed E-state index contributed by atoms with van der Waals surface area (Å²) in [5, 5.41) is 3.74. The number of halogens is 4. The van der Waals surface area contributed by atoms with E-state index in [-0.39, 0.29) is 28.9 Å². The van der Waals surface area contributed by atoms with E-state index in [1.165, 1.54) is 4.90 Å². The van der Waals surface area contributed by atoms with E-state index in [4.69, 9.17) is 51.1 Å². The molecular weight excluding hydrogens is 462 g/mol. The van der Waals surface area contributed by atoms with Crippen molar-refractivity contribution in [2.24, 2.45) is 5.92 Å². The highest BCUT2D eigenvalue weighted by atomic mass is 35.5. The number of hydrogen-bond donors (Lipinski definition) is 1. The van der Waals surface area contributed by atoms with Gasteiger partial charge in [-0.2, -0.15) is 0 Å². The molecule has 1 saturated heterocycles. The van der Waals surface area contributed by atoms with Crippen LogP contribution in [-0.4, -0.2) is 30.9 Å². The second-order valence-corrected chi connectivity index (χ2v) is 7.89. The van der Waals surface area contributed by atoms with Crippen molar-refractivity contribution < 1.29 is 19.1 Å². The molecule has 1 heterocycles. The molecule has 2 aromatic carbocycles. The summed E-state index contributed by atoms with van der Waals surface area (Å²) in [6.45, 7) is -0.441. The van der Waals surface area contributed by atoms with Crippen LogP contribution in [0.4, 0.5) is 11.4 Å². The van der Waals surface area contributed by atoms with Gasteiger partial charge >= 0.3 is 5.97 Å². The molecule has 1 aliphatic heterocycles. The molecule has 1 aliphatic rings.